The molecule has 0 spiro atoms. The summed E-state index contributed by atoms with van der Waals surface area (Å²) in [6, 6.07) is 17.0. The van der Waals surface area contributed by atoms with E-state index in [-0.39, 0.29) is 0 Å². The van der Waals surface area contributed by atoms with E-state index in [1.807, 2.05) is 24.1 Å². The van der Waals surface area contributed by atoms with Crippen LogP contribution in [-0.2, 0) is 13.0 Å². The molecule has 6 heteroatoms. The number of nitrogens with zero attached hydrogens (tertiary/aromatic N) is 3. The van der Waals surface area contributed by atoms with Crippen LogP contribution in [0.15, 0.2) is 108 Å². The van der Waals surface area contributed by atoms with E-state index < -0.39 is 0 Å². The Morgan fingerprint density at radius 2 is 1.78 bits per heavy atom. The minimum absolute atomic E-state index is 0.404. The van der Waals surface area contributed by atoms with E-state index in [4.69, 9.17) is 27.3 Å². The molecular formula is C39H44ClN5. The summed E-state index contributed by atoms with van der Waals surface area (Å²) in [7, 11) is 0. The SMILES string of the molecule is C=CCCC(C)CNCc1ccc(-c2cccc(-c3cccc(C4=CC5=NC(C)=C(CN)C(=C)N5C=C4)c3Cl)c2C)nc1CC. The van der Waals surface area contributed by atoms with Gasteiger partial charge in [0.15, 0.2) is 0 Å². The van der Waals surface area contributed by atoms with Gasteiger partial charge in [-0.25, -0.2) is 4.99 Å². The molecule has 0 bridgehead atoms. The van der Waals surface area contributed by atoms with E-state index in [2.05, 4.69) is 99.9 Å². The van der Waals surface area contributed by atoms with Crippen molar-refractivity contribution in [1.29, 1.82) is 0 Å². The molecule has 2 aliphatic rings. The average Bonchev–Trinajstić information content (AvgIpc) is 3.04. The standard InChI is InChI=1S/C39H44ClN5/c1-7-9-12-25(3)23-42-24-30-17-18-37(44-36(30)8-2)32-14-10-13-31(26(32)4)34-16-11-15-33(39(34)40)29-19-20-45-28(6)35(22-41)27(5)43-38(45)21-29/h7,10-11,13-21,25,42H,1,6,8-9,12,22-24,41H2,2-5H3. The van der Waals surface area contributed by atoms with Crippen LogP contribution in [0.5, 0.6) is 0 Å². The van der Waals surface area contributed by atoms with Crippen molar-refractivity contribution in [3.8, 4) is 22.4 Å². The van der Waals surface area contributed by atoms with Crippen LogP contribution >= 0.6 is 11.6 Å². The number of hydrogen-bond acceptors (Lipinski definition) is 5. The van der Waals surface area contributed by atoms with E-state index in [0.717, 1.165) is 99.9 Å². The van der Waals surface area contributed by atoms with E-state index in [1.54, 1.807) is 0 Å². The van der Waals surface area contributed by atoms with Crippen LogP contribution < -0.4 is 11.1 Å². The first kappa shape index (κ1) is 32.4. The fraction of sp³-hybridized carbons (Fsp3) is 0.282. The number of nitrogens with two attached hydrogens (primary N) is 1. The van der Waals surface area contributed by atoms with E-state index in [1.165, 1.54) is 5.56 Å². The number of aryl methyl sites for hydroxylation is 1. The molecule has 232 valence electrons. The summed E-state index contributed by atoms with van der Waals surface area (Å²) in [5.74, 6) is 1.42. The van der Waals surface area contributed by atoms with Gasteiger partial charge in [0.1, 0.15) is 5.84 Å². The lowest BCUT2D eigenvalue weighted by atomic mass is 9.91. The lowest BCUT2D eigenvalue weighted by Gasteiger charge is -2.31. The zero-order valence-electron chi connectivity index (χ0n) is 27.0. The third-order valence-electron chi connectivity index (χ3n) is 8.78. The topological polar surface area (TPSA) is 66.5 Å². The molecule has 5 rings (SSSR count). The molecule has 0 saturated carbocycles. The van der Waals surface area contributed by atoms with Gasteiger partial charge in [-0.15, -0.1) is 6.58 Å². The van der Waals surface area contributed by atoms with Gasteiger partial charge in [0.2, 0.25) is 0 Å². The lowest BCUT2D eigenvalue weighted by Crippen LogP contribution is -2.31. The first-order chi connectivity index (χ1) is 21.8. The molecule has 1 aromatic heterocycles. The predicted octanol–water partition coefficient (Wildman–Crippen LogP) is 9.00. The van der Waals surface area contributed by atoms with Crippen LogP contribution in [0, 0.1) is 12.8 Å². The Balaban J connectivity index is 1.43. The van der Waals surface area contributed by atoms with Gasteiger partial charge in [0.25, 0.3) is 0 Å². The maximum absolute atomic E-state index is 7.19. The summed E-state index contributed by atoms with van der Waals surface area (Å²) in [6.45, 7) is 18.9. The molecule has 45 heavy (non-hydrogen) atoms. The Morgan fingerprint density at radius 3 is 2.51 bits per heavy atom. The summed E-state index contributed by atoms with van der Waals surface area (Å²) < 4.78 is 0. The number of aliphatic imine (C=N–C) groups is 1. The molecule has 3 heterocycles. The summed E-state index contributed by atoms with van der Waals surface area (Å²) >= 11 is 7.19. The second kappa shape index (κ2) is 14.4. The van der Waals surface area contributed by atoms with Crippen molar-refractivity contribution in [3.63, 3.8) is 0 Å². The third kappa shape index (κ3) is 6.81. The van der Waals surface area contributed by atoms with Crippen LogP contribution in [0.3, 0.4) is 0 Å². The molecule has 0 aliphatic carbocycles. The molecule has 3 aromatic rings. The highest BCUT2D eigenvalue weighted by molar-refractivity contribution is 6.35. The maximum Gasteiger partial charge on any atom is 0.137 e. The van der Waals surface area contributed by atoms with Gasteiger partial charge in [-0.2, -0.15) is 0 Å². The monoisotopic (exact) mass is 617 g/mol. The van der Waals surface area contributed by atoms with Crippen molar-refractivity contribution in [2.24, 2.45) is 16.6 Å². The molecule has 0 radical (unpaired) electrons. The Bertz CT molecular complexity index is 1740. The number of nitrogens with one attached hydrogen (secondary N) is 1. The number of allylic oxidation sites excluding steroid dienone is 4. The van der Waals surface area contributed by atoms with Crippen molar-refractivity contribution >= 4 is 23.0 Å². The van der Waals surface area contributed by atoms with Gasteiger partial charge in [-0.05, 0) is 86.1 Å². The Morgan fingerprint density at radius 1 is 1.04 bits per heavy atom. The molecular weight excluding hydrogens is 574 g/mol. The lowest BCUT2D eigenvalue weighted by molar-refractivity contribution is 0.484. The molecule has 2 aromatic carbocycles. The Hall–Kier alpha value is -4.03. The fourth-order valence-corrected chi connectivity index (χ4v) is 6.44. The second-order valence-electron chi connectivity index (χ2n) is 11.9. The molecule has 1 unspecified atom stereocenters. The summed E-state index contributed by atoms with van der Waals surface area (Å²) in [5.41, 5.74) is 18.3. The number of benzene rings is 2. The largest absolute Gasteiger partial charge is 0.326 e. The molecule has 2 aliphatic heterocycles. The van der Waals surface area contributed by atoms with Crippen LogP contribution in [-0.4, -0.2) is 28.8 Å². The van der Waals surface area contributed by atoms with Crippen molar-refractivity contribution in [1.82, 2.24) is 15.2 Å². The first-order valence-corrected chi connectivity index (χ1v) is 16.2. The summed E-state index contributed by atoms with van der Waals surface area (Å²) in [5, 5.41) is 4.34. The second-order valence-corrected chi connectivity index (χ2v) is 12.3. The number of amidine groups is 1. The zero-order chi connectivity index (χ0) is 32.1. The predicted molar refractivity (Wildman–Crippen MR) is 192 cm³/mol. The summed E-state index contributed by atoms with van der Waals surface area (Å²) in [6.07, 6.45) is 11.2. The van der Waals surface area contributed by atoms with Gasteiger partial charge in [-0.1, -0.05) is 80.6 Å². The number of halogens is 1. The fourth-order valence-electron chi connectivity index (χ4n) is 6.10. The first-order valence-electron chi connectivity index (χ1n) is 15.8. The Labute approximate surface area is 273 Å². The minimum Gasteiger partial charge on any atom is -0.326 e. The van der Waals surface area contributed by atoms with Gasteiger partial charge in [0.05, 0.1) is 10.7 Å². The van der Waals surface area contributed by atoms with Gasteiger partial charge < -0.3 is 16.0 Å². The van der Waals surface area contributed by atoms with Crippen LogP contribution in [0.2, 0.25) is 5.02 Å². The number of pyridine rings is 1. The quantitative estimate of drug-likeness (QED) is 0.199. The number of aromatic nitrogens is 1. The zero-order valence-corrected chi connectivity index (χ0v) is 27.7. The molecule has 0 amide bonds. The number of fused-ring (bicyclic) bond motifs is 1. The third-order valence-corrected chi connectivity index (χ3v) is 9.19. The molecule has 0 fully saturated rings. The molecule has 3 N–H and O–H groups in total. The van der Waals surface area contributed by atoms with E-state index in [9.17, 15) is 0 Å². The van der Waals surface area contributed by atoms with Crippen LogP contribution in [0.25, 0.3) is 28.0 Å². The van der Waals surface area contributed by atoms with E-state index in [0.29, 0.717) is 17.5 Å². The highest BCUT2D eigenvalue weighted by Gasteiger charge is 2.24. The molecule has 5 nitrogen and oxygen atoms in total. The molecule has 1 atom stereocenters. The van der Waals surface area contributed by atoms with Crippen LogP contribution in [0.1, 0.15) is 56.0 Å². The van der Waals surface area contributed by atoms with Gasteiger partial charge >= 0.3 is 0 Å². The van der Waals surface area contributed by atoms with Gasteiger partial charge in [0, 0.05) is 58.6 Å². The van der Waals surface area contributed by atoms with Crippen molar-refractivity contribution in [2.75, 3.05) is 13.1 Å². The highest BCUT2D eigenvalue weighted by atomic mass is 35.5. The maximum atomic E-state index is 7.19. The smallest absolute Gasteiger partial charge is 0.137 e. The Kier molecular flexibility index (Phi) is 10.3. The normalized spacial score (nSPS) is 15.2. The van der Waals surface area contributed by atoms with Gasteiger partial charge in [-0.3, -0.25) is 4.98 Å². The minimum atomic E-state index is 0.404. The average molecular weight is 618 g/mol. The van der Waals surface area contributed by atoms with E-state index >= 15 is 0 Å². The summed E-state index contributed by atoms with van der Waals surface area (Å²) in [4.78, 5) is 11.9. The molecule has 0 saturated heterocycles. The highest BCUT2D eigenvalue weighted by Crippen LogP contribution is 2.40. The number of hydrogen-bond donors (Lipinski definition) is 2. The van der Waals surface area contributed by atoms with Crippen molar-refractivity contribution in [2.45, 2.75) is 53.5 Å². The number of rotatable bonds is 12. The van der Waals surface area contributed by atoms with Crippen molar-refractivity contribution < 1.29 is 0 Å². The van der Waals surface area contributed by atoms with Crippen LogP contribution in [0.4, 0.5) is 0 Å². The van der Waals surface area contributed by atoms with Crippen molar-refractivity contribution in [3.05, 3.63) is 130 Å².